The van der Waals surface area contributed by atoms with E-state index >= 15 is 0 Å². The van der Waals surface area contributed by atoms with Crippen LogP contribution in [0.5, 0.6) is 5.75 Å². The summed E-state index contributed by atoms with van der Waals surface area (Å²) in [5.74, 6) is -0.697. The molecule has 1 saturated heterocycles. The minimum atomic E-state index is -0.440. The van der Waals surface area contributed by atoms with Gasteiger partial charge in [0, 0.05) is 31.7 Å². The maximum atomic E-state index is 14.1. The van der Waals surface area contributed by atoms with Gasteiger partial charge in [-0.05, 0) is 48.4 Å². The maximum absolute atomic E-state index is 14.1. The van der Waals surface area contributed by atoms with Gasteiger partial charge in [0.25, 0.3) is 0 Å². The Bertz CT molecular complexity index is 962. The number of ether oxygens (including phenoxy) is 3. The van der Waals surface area contributed by atoms with Gasteiger partial charge in [0.2, 0.25) is 11.8 Å². The monoisotopic (exact) mass is 476 g/mol. The first kappa shape index (κ1) is 23.7. The molecule has 4 rings (SSSR count). The molecular weight excluding hydrogens is 447 g/mol. The molecule has 2 amide bonds. The number of nitrogens with zero attached hydrogens (tertiary/aromatic N) is 2. The van der Waals surface area contributed by atoms with Crippen LogP contribution in [0.25, 0.3) is 0 Å². The van der Waals surface area contributed by atoms with Crippen LogP contribution in [0.15, 0.2) is 35.7 Å². The number of benzene rings is 1. The molecule has 9 heteroatoms. The Morgan fingerprint density at radius 1 is 1.30 bits per heavy atom. The van der Waals surface area contributed by atoms with Gasteiger partial charge in [-0.2, -0.15) is 0 Å². The van der Waals surface area contributed by atoms with Crippen molar-refractivity contribution in [3.8, 4) is 5.75 Å². The SMILES string of the molecule is COCC(=O)N(CC(=O)N1CCc2sccc2[C@H]1COc1ccccc1F)C[C@@H]1CCCO1. The molecule has 1 aromatic heterocycles. The number of hydrogen-bond donors (Lipinski definition) is 0. The minimum Gasteiger partial charge on any atom is -0.488 e. The lowest BCUT2D eigenvalue weighted by Gasteiger charge is -2.37. The van der Waals surface area contributed by atoms with Gasteiger partial charge in [0.1, 0.15) is 13.2 Å². The number of methoxy groups -OCH3 is 1. The third-order valence-corrected chi connectivity index (χ3v) is 7.04. The lowest BCUT2D eigenvalue weighted by Crippen LogP contribution is -2.49. The average molecular weight is 477 g/mol. The standard InChI is InChI=1S/C24H29FN2O5S/c1-30-16-24(29)26(13-17-5-4-11-31-17)14-23(28)27-10-8-22-18(9-12-33-22)20(27)15-32-21-7-3-2-6-19(21)25/h2-3,6-7,9,12,17,20H,4-5,8,10-11,13-16H2,1H3/t17-,20+/m0/s1. The molecule has 0 aliphatic carbocycles. The van der Waals surface area contributed by atoms with Crippen molar-refractivity contribution >= 4 is 23.2 Å². The minimum absolute atomic E-state index is 0.0578. The number of halogens is 1. The summed E-state index contributed by atoms with van der Waals surface area (Å²) in [5, 5.41) is 2.00. The first-order chi connectivity index (χ1) is 16.1. The molecule has 0 radical (unpaired) electrons. The van der Waals surface area contributed by atoms with Crippen molar-refractivity contribution in [1.29, 1.82) is 0 Å². The van der Waals surface area contributed by atoms with Crippen LogP contribution in [-0.4, -0.2) is 74.3 Å². The van der Waals surface area contributed by atoms with E-state index in [0.29, 0.717) is 19.7 Å². The zero-order valence-electron chi connectivity index (χ0n) is 18.7. The highest BCUT2D eigenvalue weighted by atomic mass is 32.1. The lowest BCUT2D eigenvalue weighted by atomic mass is 10.0. The van der Waals surface area contributed by atoms with E-state index in [-0.39, 0.29) is 49.5 Å². The highest BCUT2D eigenvalue weighted by Crippen LogP contribution is 2.34. The molecule has 0 bridgehead atoms. The van der Waals surface area contributed by atoms with Gasteiger partial charge in [-0.1, -0.05) is 12.1 Å². The molecule has 2 aliphatic rings. The van der Waals surface area contributed by atoms with Crippen LogP contribution >= 0.6 is 11.3 Å². The van der Waals surface area contributed by atoms with E-state index < -0.39 is 5.82 Å². The van der Waals surface area contributed by atoms with Crippen molar-refractivity contribution in [1.82, 2.24) is 9.80 Å². The Balaban J connectivity index is 1.49. The van der Waals surface area contributed by atoms with Crippen molar-refractivity contribution in [2.45, 2.75) is 31.4 Å². The Hall–Kier alpha value is -2.49. The summed E-state index contributed by atoms with van der Waals surface area (Å²) in [6.07, 6.45) is 2.50. The topological polar surface area (TPSA) is 68.3 Å². The predicted octanol–water partition coefficient (Wildman–Crippen LogP) is 3.05. The van der Waals surface area contributed by atoms with E-state index in [1.807, 2.05) is 11.4 Å². The highest BCUT2D eigenvalue weighted by molar-refractivity contribution is 7.10. The van der Waals surface area contributed by atoms with Crippen molar-refractivity contribution in [3.63, 3.8) is 0 Å². The molecule has 0 unspecified atom stereocenters. The average Bonchev–Trinajstić information content (AvgIpc) is 3.50. The first-order valence-corrected chi connectivity index (χ1v) is 12.1. The molecule has 3 heterocycles. The number of fused-ring (bicyclic) bond motifs is 1. The lowest BCUT2D eigenvalue weighted by molar-refractivity contribution is -0.145. The summed E-state index contributed by atoms with van der Waals surface area (Å²) < 4.78 is 30.6. The Kier molecular flexibility index (Phi) is 7.95. The van der Waals surface area contributed by atoms with E-state index in [2.05, 4.69) is 0 Å². The number of amides is 2. The summed E-state index contributed by atoms with van der Waals surface area (Å²) in [4.78, 5) is 30.6. The summed E-state index contributed by atoms with van der Waals surface area (Å²) in [6.45, 7) is 1.54. The molecule has 2 aromatic rings. The fourth-order valence-electron chi connectivity index (χ4n) is 4.36. The summed E-state index contributed by atoms with van der Waals surface area (Å²) >= 11 is 1.65. The van der Waals surface area contributed by atoms with Crippen molar-refractivity contribution in [3.05, 3.63) is 52.0 Å². The Morgan fingerprint density at radius 3 is 2.91 bits per heavy atom. The molecule has 1 fully saturated rings. The second-order valence-electron chi connectivity index (χ2n) is 8.24. The van der Waals surface area contributed by atoms with Crippen LogP contribution in [0.4, 0.5) is 4.39 Å². The summed E-state index contributed by atoms with van der Waals surface area (Å²) in [6, 6.07) is 7.88. The normalized spacial score (nSPS) is 19.9. The number of carbonyl (C=O) groups is 2. The van der Waals surface area contributed by atoms with Gasteiger partial charge in [-0.3, -0.25) is 9.59 Å². The molecule has 7 nitrogen and oxygen atoms in total. The zero-order chi connectivity index (χ0) is 23.2. The number of hydrogen-bond acceptors (Lipinski definition) is 6. The number of carbonyl (C=O) groups excluding carboxylic acids is 2. The molecule has 0 N–H and O–H groups in total. The number of rotatable bonds is 9. The fourth-order valence-corrected chi connectivity index (χ4v) is 5.29. The van der Waals surface area contributed by atoms with Crippen LogP contribution in [-0.2, 0) is 25.5 Å². The number of thiophene rings is 1. The summed E-state index contributed by atoms with van der Waals surface area (Å²) in [5.41, 5.74) is 1.02. The molecular formula is C24H29FN2O5S. The van der Waals surface area contributed by atoms with Crippen molar-refractivity contribution < 1.29 is 28.2 Å². The van der Waals surface area contributed by atoms with E-state index in [0.717, 1.165) is 24.8 Å². The molecule has 2 atom stereocenters. The maximum Gasteiger partial charge on any atom is 0.249 e. The largest absolute Gasteiger partial charge is 0.488 e. The smallest absolute Gasteiger partial charge is 0.249 e. The predicted molar refractivity (Wildman–Crippen MR) is 122 cm³/mol. The Morgan fingerprint density at radius 2 is 2.15 bits per heavy atom. The summed E-state index contributed by atoms with van der Waals surface area (Å²) in [7, 11) is 1.46. The third-order valence-electron chi connectivity index (χ3n) is 6.04. The van der Waals surface area contributed by atoms with Crippen LogP contribution in [0.2, 0.25) is 0 Å². The quantitative estimate of drug-likeness (QED) is 0.557. The van der Waals surface area contributed by atoms with Gasteiger partial charge in [-0.25, -0.2) is 4.39 Å². The zero-order valence-corrected chi connectivity index (χ0v) is 19.5. The van der Waals surface area contributed by atoms with Gasteiger partial charge < -0.3 is 24.0 Å². The van der Waals surface area contributed by atoms with E-state index in [4.69, 9.17) is 14.2 Å². The van der Waals surface area contributed by atoms with Gasteiger partial charge >= 0.3 is 0 Å². The fraction of sp³-hybridized carbons (Fsp3) is 0.500. The van der Waals surface area contributed by atoms with Crippen LogP contribution < -0.4 is 4.74 Å². The third kappa shape index (κ3) is 5.72. The molecule has 33 heavy (non-hydrogen) atoms. The van der Waals surface area contributed by atoms with Crippen molar-refractivity contribution in [2.24, 2.45) is 0 Å². The van der Waals surface area contributed by atoms with Gasteiger partial charge in [-0.15, -0.1) is 11.3 Å². The van der Waals surface area contributed by atoms with Crippen LogP contribution in [0.3, 0.4) is 0 Å². The number of para-hydroxylation sites is 1. The van der Waals surface area contributed by atoms with E-state index in [1.165, 1.54) is 23.0 Å². The van der Waals surface area contributed by atoms with Crippen LogP contribution in [0, 0.1) is 5.82 Å². The molecule has 1 aromatic carbocycles. The molecule has 0 spiro atoms. The molecule has 178 valence electrons. The first-order valence-electron chi connectivity index (χ1n) is 11.2. The second-order valence-corrected chi connectivity index (χ2v) is 9.24. The van der Waals surface area contributed by atoms with E-state index in [9.17, 15) is 14.0 Å². The van der Waals surface area contributed by atoms with E-state index in [1.54, 1.807) is 34.4 Å². The Labute approximate surface area is 197 Å². The second kappa shape index (κ2) is 11.1. The van der Waals surface area contributed by atoms with Crippen LogP contribution in [0.1, 0.15) is 29.3 Å². The highest BCUT2D eigenvalue weighted by Gasteiger charge is 2.34. The molecule has 2 aliphatic heterocycles. The van der Waals surface area contributed by atoms with Gasteiger partial charge in [0.15, 0.2) is 11.6 Å². The van der Waals surface area contributed by atoms with Gasteiger partial charge in [0.05, 0.1) is 18.7 Å². The van der Waals surface area contributed by atoms with Crippen molar-refractivity contribution in [2.75, 3.05) is 46.6 Å². The molecule has 0 saturated carbocycles.